The third kappa shape index (κ3) is 4.24. The van der Waals surface area contributed by atoms with Crippen molar-refractivity contribution in [1.82, 2.24) is 0 Å². The topological polar surface area (TPSA) is 89.3 Å². The summed E-state index contributed by atoms with van der Waals surface area (Å²) in [5, 5.41) is 2.87. The molecule has 0 saturated carbocycles. The third-order valence-electron chi connectivity index (χ3n) is 2.08. The van der Waals surface area contributed by atoms with E-state index in [0.717, 1.165) is 0 Å². The lowest BCUT2D eigenvalue weighted by molar-refractivity contribution is -0.113. The second kappa shape index (κ2) is 5.37. The minimum atomic E-state index is -3.34. The van der Waals surface area contributed by atoms with E-state index in [-0.39, 0.29) is 5.75 Å². The Morgan fingerprint density at radius 1 is 1.47 bits per heavy atom. The Bertz CT molecular complexity index is 528. The van der Waals surface area contributed by atoms with Crippen molar-refractivity contribution >= 4 is 38.7 Å². The molecule has 0 radical (unpaired) electrons. The van der Waals surface area contributed by atoms with Gasteiger partial charge in [0, 0.05) is 10.8 Å². The number of hydrogen-bond donors (Lipinski definition) is 2. The van der Waals surface area contributed by atoms with Gasteiger partial charge in [-0.15, -0.1) is 0 Å². The molecule has 1 amide bonds. The monoisotopic (exact) mass is 276 g/mol. The van der Waals surface area contributed by atoms with Crippen LogP contribution in [-0.2, 0) is 14.6 Å². The Labute approximate surface area is 105 Å². The average molecular weight is 277 g/mol. The Balaban J connectivity index is 2.75. The Hall–Kier alpha value is -1.27. The van der Waals surface area contributed by atoms with E-state index in [4.69, 9.17) is 17.3 Å². The summed E-state index contributed by atoms with van der Waals surface area (Å²) in [6.07, 6.45) is 0. The smallest absolute Gasteiger partial charge is 0.239 e. The van der Waals surface area contributed by atoms with Crippen LogP contribution in [0.4, 0.5) is 11.4 Å². The molecule has 1 rings (SSSR count). The number of benzene rings is 1. The first kappa shape index (κ1) is 13.8. The number of nitrogens with one attached hydrogen (secondary N) is 1. The van der Waals surface area contributed by atoms with Crippen LogP contribution in [0.2, 0.25) is 5.02 Å². The van der Waals surface area contributed by atoms with Crippen molar-refractivity contribution in [2.45, 2.75) is 6.92 Å². The quantitative estimate of drug-likeness (QED) is 0.811. The molecule has 1 aromatic carbocycles. The van der Waals surface area contributed by atoms with Gasteiger partial charge in [-0.25, -0.2) is 8.42 Å². The minimum Gasteiger partial charge on any atom is -0.397 e. The maximum absolute atomic E-state index is 11.4. The first-order valence-corrected chi connectivity index (χ1v) is 7.09. The van der Waals surface area contributed by atoms with E-state index in [2.05, 4.69) is 5.32 Å². The lowest BCUT2D eigenvalue weighted by Gasteiger charge is -2.08. The number of anilines is 2. The second-order valence-corrected chi connectivity index (χ2v) is 6.25. The average Bonchev–Trinajstić information content (AvgIpc) is 2.21. The van der Waals surface area contributed by atoms with Gasteiger partial charge in [0.25, 0.3) is 0 Å². The fraction of sp³-hybridized carbons (Fsp3) is 0.300. The molecule has 3 N–H and O–H groups in total. The summed E-state index contributed by atoms with van der Waals surface area (Å²) >= 11 is 5.69. The standard InChI is InChI=1S/C10H13ClN2O3S/c1-2-17(15,16)6-10(14)13-9-4-3-7(11)5-8(9)12/h3-5H,2,6,12H2,1H3,(H,13,14). The zero-order valence-electron chi connectivity index (χ0n) is 9.23. The van der Waals surface area contributed by atoms with Gasteiger partial charge in [0.2, 0.25) is 5.91 Å². The van der Waals surface area contributed by atoms with Gasteiger partial charge in [-0.3, -0.25) is 4.79 Å². The Kier molecular flexibility index (Phi) is 4.36. The molecule has 0 atom stereocenters. The SMILES string of the molecule is CCS(=O)(=O)CC(=O)Nc1ccc(Cl)cc1N. The minimum absolute atomic E-state index is 0.0729. The Morgan fingerprint density at radius 2 is 2.12 bits per heavy atom. The van der Waals surface area contributed by atoms with Gasteiger partial charge in [-0.1, -0.05) is 18.5 Å². The Morgan fingerprint density at radius 3 is 2.65 bits per heavy atom. The van der Waals surface area contributed by atoms with Gasteiger partial charge in [0.1, 0.15) is 5.75 Å². The molecule has 94 valence electrons. The van der Waals surface area contributed by atoms with E-state index < -0.39 is 21.5 Å². The number of nitrogen functional groups attached to an aromatic ring is 1. The van der Waals surface area contributed by atoms with E-state index in [1.54, 1.807) is 6.07 Å². The molecule has 17 heavy (non-hydrogen) atoms. The lowest BCUT2D eigenvalue weighted by Crippen LogP contribution is -2.24. The van der Waals surface area contributed by atoms with Gasteiger partial charge in [-0.2, -0.15) is 0 Å². The third-order valence-corrected chi connectivity index (χ3v) is 3.90. The van der Waals surface area contributed by atoms with Crippen LogP contribution in [0.3, 0.4) is 0 Å². The summed E-state index contributed by atoms with van der Waals surface area (Å²) in [7, 11) is -3.34. The van der Waals surface area contributed by atoms with E-state index in [9.17, 15) is 13.2 Å². The van der Waals surface area contributed by atoms with E-state index in [1.165, 1.54) is 19.1 Å². The number of carbonyl (C=O) groups excluding carboxylic acids is 1. The van der Waals surface area contributed by atoms with Crippen LogP contribution in [0.1, 0.15) is 6.92 Å². The summed E-state index contributed by atoms with van der Waals surface area (Å²) in [4.78, 5) is 11.4. The summed E-state index contributed by atoms with van der Waals surface area (Å²) in [6.45, 7) is 1.49. The molecule has 0 fully saturated rings. The van der Waals surface area contributed by atoms with Crippen LogP contribution in [0, 0.1) is 0 Å². The summed E-state index contributed by atoms with van der Waals surface area (Å²) in [5.74, 6) is -1.23. The molecule has 0 aromatic heterocycles. The van der Waals surface area contributed by atoms with E-state index in [1.807, 2.05) is 0 Å². The van der Waals surface area contributed by atoms with Crippen LogP contribution in [0.5, 0.6) is 0 Å². The zero-order chi connectivity index (χ0) is 13.1. The molecular formula is C10H13ClN2O3S. The molecule has 0 aliphatic rings. The number of sulfone groups is 1. The highest BCUT2D eigenvalue weighted by Gasteiger charge is 2.15. The zero-order valence-corrected chi connectivity index (χ0v) is 10.8. The van der Waals surface area contributed by atoms with Crippen molar-refractivity contribution < 1.29 is 13.2 Å². The number of amides is 1. The number of rotatable bonds is 4. The number of halogens is 1. The van der Waals surface area contributed by atoms with Crippen molar-refractivity contribution in [3.63, 3.8) is 0 Å². The van der Waals surface area contributed by atoms with Crippen molar-refractivity contribution in [1.29, 1.82) is 0 Å². The van der Waals surface area contributed by atoms with E-state index >= 15 is 0 Å². The lowest BCUT2D eigenvalue weighted by atomic mass is 10.2. The highest BCUT2D eigenvalue weighted by molar-refractivity contribution is 7.92. The molecule has 1 aromatic rings. The molecule has 7 heteroatoms. The van der Waals surface area contributed by atoms with Crippen LogP contribution < -0.4 is 11.1 Å². The molecule has 0 heterocycles. The molecule has 0 unspecified atom stereocenters. The molecule has 5 nitrogen and oxygen atoms in total. The van der Waals surface area contributed by atoms with Gasteiger partial charge < -0.3 is 11.1 Å². The first-order valence-electron chi connectivity index (χ1n) is 4.89. The largest absolute Gasteiger partial charge is 0.397 e. The highest BCUT2D eigenvalue weighted by Crippen LogP contribution is 2.22. The fourth-order valence-electron chi connectivity index (χ4n) is 1.14. The van der Waals surface area contributed by atoms with Crippen LogP contribution in [0.25, 0.3) is 0 Å². The molecule has 0 spiro atoms. The summed E-state index contributed by atoms with van der Waals surface area (Å²) < 4.78 is 22.5. The van der Waals surface area contributed by atoms with Crippen molar-refractivity contribution in [3.8, 4) is 0 Å². The number of carbonyl (C=O) groups is 1. The number of nitrogens with two attached hydrogens (primary N) is 1. The van der Waals surface area contributed by atoms with Crippen LogP contribution >= 0.6 is 11.6 Å². The predicted molar refractivity (Wildman–Crippen MR) is 68.8 cm³/mol. The van der Waals surface area contributed by atoms with Crippen LogP contribution in [0.15, 0.2) is 18.2 Å². The summed E-state index contributed by atoms with van der Waals surface area (Å²) in [5.41, 5.74) is 6.26. The maximum atomic E-state index is 11.4. The first-order chi connectivity index (χ1) is 7.84. The van der Waals surface area contributed by atoms with Crippen LogP contribution in [-0.4, -0.2) is 25.8 Å². The van der Waals surface area contributed by atoms with Gasteiger partial charge >= 0.3 is 0 Å². The molecule has 0 bridgehead atoms. The second-order valence-electron chi connectivity index (χ2n) is 3.46. The van der Waals surface area contributed by atoms with Gasteiger partial charge in [0.15, 0.2) is 9.84 Å². The predicted octanol–water partition coefficient (Wildman–Crippen LogP) is 1.30. The molecular weight excluding hydrogens is 264 g/mol. The highest BCUT2D eigenvalue weighted by atomic mass is 35.5. The maximum Gasteiger partial charge on any atom is 0.239 e. The number of hydrogen-bond acceptors (Lipinski definition) is 4. The fourth-order valence-corrected chi connectivity index (χ4v) is 1.99. The molecule has 0 aliphatic carbocycles. The van der Waals surface area contributed by atoms with Gasteiger partial charge in [-0.05, 0) is 18.2 Å². The van der Waals surface area contributed by atoms with E-state index in [0.29, 0.717) is 16.4 Å². The molecule has 0 aliphatic heterocycles. The summed E-state index contributed by atoms with van der Waals surface area (Å²) in [6, 6.07) is 4.56. The normalized spacial score (nSPS) is 11.2. The molecule has 0 saturated heterocycles. The van der Waals surface area contributed by atoms with Crippen molar-refractivity contribution in [3.05, 3.63) is 23.2 Å². The van der Waals surface area contributed by atoms with Gasteiger partial charge in [0.05, 0.1) is 11.4 Å². The van der Waals surface area contributed by atoms with Crippen molar-refractivity contribution in [2.75, 3.05) is 22.6 Å². The van der Waals surface area contributed by atoms with Crippen molar-refractivity contribution in [2.24, 2.45) is 0 Å².